The van der Waals surface area contributed by atoms with Crippen LogP contribution in [-0.2, 0) is 0 Å². The van der Waals surface area contributed by atoms with Crippen molar-refractivity contribution in [2.24, 2.45) is 0 Å². The van der Waals surface area contributed by atoms with Gasteiger partial charge < -0.3 is 8.83 Å². The second-order valence-electron chi connectivity index (χ2n) is 6.76. The second-order valence-corrected chi connectivity index (χ2v) is 6.76. The molecule has 4 aromatic rings. The van der Waals surface area contributed by atoms with Gasteiger partial charge in [-0.25, -0.2) is 9.97 Å². The Kier molecular flexibility index (Phi) is 3.23. The molecular formula is C20H20N2O2. The Morgan fingerprint density at radius 3 is 2.17 bits per heavy atom. The van der Waals surface area contributed by atoms with Crippen molar-refractivity contribution < 1.29 is 8.83 Å². The molecule has 0 unspecified atom stereocenters. The van der Waals surface area contributed by atoms with E-state index in [1.54, 1.807) is 0 Å². The molecule has 0 atom stereocenters. The largest absolute Gasteiger partial charge is 0.440 e. The fourth-order valence-corrected chi connectivity index (χ4v) is 2.92. The van der Waals surface area contributed by atoms with Crippen LogP contribution in [0, 0.1) is 20.8 Å². The summed E-state index contributed by atoms with van der Waals surface area (Å²) in [6.45, 7) is 10.4. The minimum Gasteiger partial charge on any atom is -0.440 e. The molecule has 0 saturated carbocycles. The number of nitrogens with zero attached hydrogens (tertiary/aromatic N) is 2. The third-order valence-electron chi connectivity index (χ3n) is 4.48. The standard InChI is InChI=1S/C20H20N2O2/c1-10(2)19-21-15-8-16-18(9-17(15)23-19)24-20(22-16)14-7-12(4)11(3)6-13(14)5/h6-10H,1-5H3. The molecule has 0 bridgehead atoms. The van der Waals surface area contributed by atoms with Crippen molar-refractivity contribution in [2.75, 3.05) is 0 Å². The average Bonchev–Trinajstić information content (AvgIpc) is 3.11. The van der Waals surface area contributed by atoms with Crippen molar-refractivity contribution in [3.05, 3.63) is 46.8 Å². The van der Waals surface area contributed by atoms with Crippen molar-refractivity contribution in [3.63, 3.8) is 0 Å². The van der Waals surface area contributed by atoms with Crippen LogP contribution in [0.2, 0.25) is 0 Å². The lowest BCUT2D eigenvalue weighted by atomic mass is 10.0. The monoisotopic (exact) mass is 320 g/mol. The predicted octanol–water partition coefficient (Wildman–Crippen LogP) is 5.68. The fourth-order valence-electron chi connectivity index (χ4n) is 2.92. The Balaban J connectivity index is 1.88. The molecule has 24 heavy (non-hydrogen) atoms. The molecule has 0 amide bonds. The number of rotatable bonds is 2. The molecule has 2 heterocycles. The van der Waals surface area contributed by atoms with Crippen LogP contribution in [0.25, 0.3) is 33.7 Å². The lowest BCUT2D eigenvalue weighted by Crippen LogP contribution is -1.88. The van der Waals surface area contributed by atoms with Crippen LogP contribution in [-0.4, -0.2) is 9.97 Å². The first-order valence-corrected chi connectivity index (χ1v) is 8.21. The molecule has 2 aromatic heterocycles. The van der Waals surface area contributed by atoms with Gasteiger partial charge in [0.05, 0.1) is 0 Å². The molecule has 4 nitrogen and oxygen atoms in total. The van der Waals surface area contributed by atoms with E-state index in [1.807, 2.05) is 12.1 Å². The summed E-state index contributed by atoms with van der Waals surface area (Å²) in [5.41, 5.74) is 7.79. The maximum atomic E-state index is 6.01. The van der Waals surface area contributed by atoms with Crippen LogP contribution in [0.1, 0.15) is 42.3 Å². The molecule has 0 aliphatic heterocycles. The third kappa shape index (κ3) is 2.30. The summed E-state index contributed by atoms with van der Waals surface area (Å²) in [5, 5.41) is 0. The van der Waals surface area contributed by atoms with Gasteiger partial charge in [-0.1, -0.05) is 19.9 Å². The van der Waals surface area contributed by atoms with E-state index in [9.17, 15) is 0 Å². The van der Waals surface area contributed by atoms with Crippen LogP contribution in [0.4, 0.5) is 0 Å². The number of fused-ring (bicyclic) bond motifs is 2. The zero-order chi connectivity index (χ0) is 17.0. The van der Waals surface area contributed by atoms with Gasteiger partial charge in [0, 0.05) is 17.5 Å². The Morgan fingerprint density at radius 2 is 1.42 bits per heavy atom. The maximum absolute atomic E-state index is 6.01. The van der Waals surface area contributed by atoms with Crippen LogP contribution in [0.5, 0.6) is 0 Å². The summed E-state index contributed by atoms with van der Waals surface area (Å²) in [7, 11) is 0. The van der Waals surface area contributed by atoms with Crippen LogP contribution in [0.3, 0.4) is 0 Å². The van der Waals surface area contributed by atoms with E-state index in [-0.39, 0.29) is 5.92 Å². The van der Waals surface area contributed by atoms with Gasteiger partial charge in [-0.2, -0.15) is 0 Å². The normalized spacial score (nSPS) is 11.9. The molecule has 122 valence electrons. The van der Waals surface area contributed by atoms with Gasteiger partial charge in [0.25, 0.3) is 0 Å². The average molecular weight is 320 g/mol. The highest BCUT2D eigenvalue weighted by Crippen LogP contribution is 2.31. The van der Waals surface area contributed by atoms with Gasteiger partial charge in [-0.3, -0.25) is 0 Å². The summed E-state index contributed by atoms with van der Waals surface area (Å²) in [6.07, 6.45) is 0. The number of hydrogen-bond acceptors (Lipinski definition) is 4. The Morgan fingerprint density at radius 1 is 0.750 bits per heavy atom. The Labute approximate surface area is 140 Å². The Hall–Kier alpha value is -2.62. The molecule has 4 rings (SSSR count). The van der Waals surface area contributed by atoms with Crippen molar-refractivity contribution in [1.29, 1.82) is 0 Å². The molecule has 2 aromatic carbocycles. The number of benzene rings is 2. The van der Waals surface area contributed by atoms with Gasteiger partial charge in [-0.15, -0.1) is 0 Å². The minimum atomic E-state index is 0.255. The van der Waals surface area contributed by atoms with E-state index in [2.05, 4.69) is 56.7 Å². The van der Waals surface area contributed by atoms with E-state index in [0.717, 1.165) is 39.2 Å². The Bertz CT molecular complexity index is 1020. The van der Waals surface area contributed by atoms with Gasteiger partial charge in [0.15, 0.2) is 17.1 Å². The van der Waals surface area contributed by atoms with Crippen molar-refractivity contribution >= 4 is 22.2 Å². The van der Waals surface area contributed by atoms with Crippen molar-refractivity contribution in [1.82, 2.24) is 9.97 Å². The molecule has 0 fully saturated rings. The predicted molar refractivity (Wildman–Crippen MR) is 95.3 cm³/mol. The molecule has 0 radical (unpaired) electrons. The second kappa shape index (κ2) is 5.20. The zero-order valence-electron chi connectivity index (χ0n) is 14.6. The highest BCUT2D eigenvalue weighted by atomic mass is 16.4. The zero-order valence-corrected chi connectivity index (χ0v) is 14.6. The molecule has 0 spiro atoms. The topological polar surface area (TPSA) is 52.1 Å². The summed E-state index contributed by atoms with van der Waals surface area (Å²) in [6, 6.07) is 8.12. The van der Waals surface area contributed by atoms with E-state index >= 15 is 0 Å². The SMILES string of the molecule is Cc1cc(C)c(-c2nc3cc4nc(C(C)C)oc4cc3o2)cc1C. The summed E-state index contributed by atoms with van der Waals surface area (Å²) in [4.78, 5) is 9.21. The van der Waals surface area contributed by atoms with Gasteiger partial charge >= 0.3 is 0 Å². The molecule has 0 N–H and O–H groups in total. The molecule has 0 aliphatic carbocycles. The lowest BCUT2D eigenvalue weighted by molar-refractivity contribution is 0.501. The van der Waals surface area contributed by atoms with Crippen molar-refractivity contribution in [3.8, 4) is 11.5 Å². The van der Waals surface area contributed by atoms with Crippen LogP contribution >= 0.6 is 0 Å². The number of hydrogen-bond donors (Lipinski definition) is 0. The van der Waals surface area contributed by atoms with Crippen LogP contribution in [0.15, 0.2) is 33.1 Å². The summed E-state index contributed by atoms with van der Waals surface area (Å²) in [5.74, 6) is 1.63. The van der Waals surface area contributed by atoms with E-state index in [1.165, 1.54) is 11.1 Å². The first-order chi connectivity index (χ1) is 11.4. The molecule has 0 aliphatic rings. The van der Waals surface area contributed by atoms with E-state index < -0.39 is 0 Å². The van der Waals surface area contributed by atoms with Crippen molar-refractivity contribution in [2.45, 2.75) is 40.5 Å². The van der Waals surface area contributed by atoms with Gasteiger partial charge in [0.2, 0.25) is 5.89 Å². The van der Waals surface area contributed by atoms with Gasteiger partial charge in [-0.05, 0) is 49.6 Å². The minimum absolute atomic E-state index is 0.255. The van der Waals surface area contributed by atoms with E-state index in [4.69, 9.17) is 8.83 Å². The summed E-state index contributed by atoms with van der Waals surface area (Å²) >= 11 is 0. The third-order valence-corrected chi connectivity index (χ3v) is 4.48. The smallest absolute Gasteiger partial charge is 0.227 e. The maximum Gasteiger partial charge on any atom is 0.227 e. The fraction of sp³-hybridized carbons (Fsp3) is 0.300. The highest BCUT2D eigenvalue weighted by molar-refractivity contribution is 5.90. The quantitative estimate of drug-likeness (QED) is 0.476. The lowest BCUT2D eigenvalue weighted by Gasteiger charge is -2.06. The number of aromatic nitrogens is 2. The number of aryl methyl sites for hydroxylation is 3. The molecule has 4 heteroatoms. The highest BCUT2D eigenvalue weighted by Gasteiger charge is 2.16. The first kappa shape index (κ1) is 14.9. The number of oxazole rings is 2. The van der Waals surface area contributed by atoms with Gasteiger partial charge in [0.1, 0.15) is 11.0 Å². The molecule has 0 saturated heterocycles. The summed E-state index contributed by atoms with van der Waals surface area (Å²) < 4.78 is 11.8. The molecular weight excluding hydrogens is 300 g/mol. The van der Waals surface area contributed by atoms with Crippen LogP contribution < -0.4 is 0 Å². The van der Waals surface area contributed by atoms with E-state index in [0.29, 0.717) is 5.89 Å². The first-order valence-electron chi connectivity index (χ1n) is 8.21.